The first-order chi connectivity index (χ1) is 8.67. The third-order valence-corrected chi connectivity index (χ3v) is 2.96. The van der Waals surface area contributed by atoms with E-state index in [2.05, 4.69) is 24.5 Å². The summed E-state index contributed by atoms with van der Waals surface area (Å²) in [6, 6.07) is 0.0880. The molecule has 4 heteroatoms. The van der Waals surface area contributed by atoms with E-state index in [-0.39, 0.29) is 23.7 Å². The fraction of sp³-hybridized carbons (Fsp3) is 0.867. The molecule has 0 radical (unpaired) electrons. The SMILES string of the molecule is CNC(C(C)=O)C(C)C.CNC(CC(C)C)C(C)=O. The van der Waals surface area contributed by atoms with E-state index < -0.39 is 0 Å². The fourth-order valence-electron chi connectivity index (χ4n) is 1.96. The van der Waals surface area contributed by atoms with Crippen molar-refractivity contribution >= 4 is 11.6 Å². The molecule has 0 rings (SSSR count). The van der Waals surface area contributed by atoms with Crippen molar-refractivity contribution in [2.24, 2.45) is 11.8 Å². The molecule has 0 spiro atoms. The molecule has 2 atom stereocenters. The molecule has 19 heavy (non-hydrogen) atoms. The predicted octanol–water partition coefficient (Wildman–Crippen LogP) is 2.03. The van der Waals surface area contributed by atoms with Gasteiger partial charge in [-0.15, -0.1) is 0 Å². The lowest BCUT2D eigenvalue weighted by atomic mass is 10.0. The number of likely N-dealkylation sites (N-methyl/N-ethyl adjacent to an activating group) is 2. The minimum atomic E-state index is 0.0324. The van der Waals surface area contributed by atoms with Gasteiger partial charge < -0.3 is 10.6 Å². The summed E-state index contributed by atoms with van der Waals surface area (Å²) in [5, 5.41) is 5.93. The normalized spacial score (nSPS) is 13.8. The summed E-state index contributed by atoms with van der Waals surface area (Å²) in [4.78, 5) is 21.6. The van der Waals surface area contributed by atoms with Crippen molar-refractivity contribution in [3.63, 3.8) is 0 Å². The number of hydrogen-bond acceptors (Lipinski definition) is 4. The van der Waals surface area contributed by atoms with Crippen LogP contribution in [-0.2, 0) is 9.59 Å². The van der Waals surface area contributed by atoms with E-state index in [0.29, 0.717) is 11.8 Å². The van der Waals surface area contributed by atoms with Gasteiger partial charge in [-0.1, -0.05) is 27.7 Å². The molecule has 2 N–H and O–H groups in total. The molecule has 0 aliphatic carbocycles. The molecule has 0 aromatic rings. The van der Waals surface area contributed by atoms with Gasteiger partial charge in [0.15, 0.2) is 0 Å². The summed E-state index contributed by atoms with van der Waals surface area (Å²) >= 11 is 0. The van der Waals surface area contributed by atoms with Crippen LogP contribution in [0.1, 0.15) is 48.0 Å². The smallest absolute Gasteiger partial charge is 0.146 e. The highest BCUT2D eigenvalue weighted by Crippen LogP contribution is 2.04. The van der Waals surface area contributed by atoms with E-state index in [1.807, 2.05) is 27.9 Å². The van der Waals surface area contributed by atoms with Crippen molar-refractivity contribution < 1.29 is 9.59 Å². The summed E-state index contributed by atoms with van der Waals surface area (Å²) in [6.45, 7) is 11.5. The number of carbonyl (C=O) groups excluding carboxylic acids is 2. The molecular weight excluding hydrogens is 240 g/mol. The van der Waals surface area contributed by atoms with Crippen LogP contribution in [0, 0.1) is 11.8 Å². The van der Waals surface area contributed by atoms with Crippen molar-refractivity contribution in [1.29, 1.82) is 0 Å². The summed E-state index contributed by atoms with van der Waals surface area (Å²) in [5.41, 5.74) is 0. The zero-order valence-electron chi connectivity index (χ0n) is 13.8. The molecule has 0 aromatic carbocycles. The minimum absolute atomic E-state index is 0.0324. The van der Waals surface area contributed by atoms with Crippen molar-refractivity contribution in [3.05, 3.63) is 0 Å². The molecule has 0 saturated heterocycles. The summed E-state index contributed by atoms with van der Waals surface area (Å²) in [7, 11) is 3.64. The Hall–Kier alpha value is -0.740. The van der Waals surface area contributed by atoms with Gasteiger partial charge in [-0.2, -0.15) is 0 Å². The first-order valence-corrected chi connectivity index (χ1v) is 7.02. The number of carbonyl (C=O) groups is 2. The Morgan fingerprint density at radius 3 is 1.42 bits per heavy atom. The van der Waals surface area contributed by atoms with Crippen LogP contribution in [0.5, 0.6) is 0 Å². The number of Topliss-reactive ketones (excluding diaryl/α,β-unsaturated/α-hetero) is 2. The van der Waals surface area contributed by atoms with E-state index in [4.69, 9.17) is 0 Å². The predicted molar refractivity (Wildman–Crippen MR) is 81.4 cm³/mol. The van der Waals surface area contributed by atoms with Crippen LogP contribution in [-0.4, -0.2) is 37.7 Å². The first kappa shape index (κ1) is 20.6. The number of nitrogens with one attached hydrogen (secondary N) is 2. The Labute approximate surface area is 118 Å². The molecule has 0 aliphatic heterocycles. The Kier molecular flexibility index (Phi) is 12.0. The lowest BCUT2D eigenvalue weighted by Crippen LogP contribution is -2.36. The zero-order chi connectivity index (χ0) is 15.6. The van der Waals surface area contributed by atoms with Gasteiger partial charge in [-0.05, 0) is 46.2 Å². The highest BCUT2D eigenvalue weighted by atomic mass is 16.1. The topological polar surface area (TPSA) is 58.2 Å². The average molecular weight is 272 g/mol. The lowest BCUT2D eigenvalue weighted by Gasteiger charge is -2.15. The molecule has 114 valence electrons. The Balaban J connectivity index is 0. The molecule has 0 fully saturated rings. The quantitative estimate of drug-likeness (QED) is 0.744. The highest BCUT2D eigenvalue weighted by molar-refractivity contribution is 5.81. The Morgan fingerprint density at radius 1 is 0.895 bits per heavy atom. The highest BCUT2D eigenvalue weighted by Gasteiger charge is 2.14. The Morgan fingerprint density at radius 2 is 1.37 bits per heavy atom. The van der Waals surface area contributed by atoms with Crippen molar-refractivity contribution in [2.45, 2.75) is 60.0 Å². The second-order valence-corrected chi connectivity index (χ2v) is 5.70. The number of hydrogen-bond donors (Lipinski definition) is 2. The van der Waals surface area contributed by atoms with Gasteiger partial charge in [0.1, 0.15) is 11.6 Å². The molecule has 4 nitrogen and oxygen atoms in total. The van der Waals surface area contributed by atoms with Gasteiger partial charge in [-0.3, -0.25) is 9.59 Å². The van der Waals surface area contributed by atoms with Crippen molar-refractivity contribution in [3.8, 4) is 0 Å². The maximum atomic E-state index is 10.8. The number of rotatable bonds is 7. The molecule has 0 aliphatic rings. The van der Waals surface area contributed by atoms with Gasteiger partial charge in [-0.25, -0.2) is 0 Å². The van der Waals surface area contributed by atoms with E-state index in [1.54, 1.807) is 13.8 Å². The van der Waals surface area contributed by atoms with Gasteiger partial charge in [0.05, 0.1) is 12.1 Å². The van der Waals surface area contributed by atoms with E-state index in [0.717, 1.165) is 6.42 Å². The minimum Gasteiger partial charge on any atom is -0.311 e. The van der Waals surface area contributed by atoms with Crippen LogP contribution < -0.4 is 10.6 Å². The van der Waals surface area contributed by atoms with Crippen LogP contribution in [0.3, 0.4) is 0 Å². The third-order valence-electron chi connectivity index (χ3n) is 2.96. The monoisotopic (exact) mass is 272 g/mol. The van der Waals surface area contributed by atoms with E-state index in [1.165, 1.54) is 0 Å². The molecule has 0 aromatic heterocycles. The standard InChI is InChI=1S/C8H17NO.C7H15NO/c1-6(2)5-8(9-4)7(3)10;1-5(2)7(8-4)6(3)9/h6,8-9H,5H2,1-4H3;5,7-8H,1-4H3. The first-order valence-electron chi connectivity index (χ1n) is 7.02. The van der Waals surface area contributed by atoms with Crippen LogP contribution in [0.4, 0.5) is 0 Å². The van der Waals surface area contributed by atoms with Crippen LogP contribution in [0.2, 0.25) is 0 Å². The van der Waals surface area contributed by atoms with Gasteiger partial charge in [0.2, 0.25) is 0 Å². The van der Waals surface area contributed by atoms with Crippen molar-refractivity contribution in [1.82, 2.24) is 10.6 Å². The van der Waals surface area contributed by atoms with Crippen molar-refractivity contribution in [2.75, 3.05) is 14.1 Å². The maximum Gasteiger partial charge on any atom is 0.146 e. The van der Waals surface area contributed by atoms with Gasteiger partial charge in [0.25, 0.3) is 0 Å². The molecule has 0 amide bonds. The summed E-state index contributed by atoms with van der Waals surface area (Å²) in [5.74, 6) is 1.43. The molecule has 0 saturated carbocycles. The van der Waals surface area contributed by atoms with Crippen LogP contribution >= 0.6 is 0 Å². The van der Waals surface area contributed by atoms with Crippen LogP contribution in [0.25, 0.3) is 0 Å². The molecule has 0 heterocycles. The Bertz CT molecular complexity index is 263. The zero-order valence-corrected chi connectivity index (χ0v) is 13.8. The van der Waals surface area contributed by atoms with Gasteiger partial charge in [0, 0.05) is 0 Å². The van der Waals surface area contributed by atoms with E-state index >= 15 is 0 Å². The summed E-state index contributed by atoms with van der Waals surface area (Å²) < 4.78 is 0. The number of ketones is 2. The van der Waals surface area contributed by atoms with E-state index in [9.17, 15) is 9.59 Å². The lowest BCUT2D eigenvalue weighted by molar-refractivity contribution is -0.120. The maximum absolute atomic E-state index is 10.8. The fourth-order valence-corrected chi connectivity index (χ4v) is 1.96. The molecule has 2 unspecified atom stereocenters. The van der Waals surface area contributed by atoms with Crippen LogP contribution in [0.15, 0.2) is 0 Å². The second kappa shape index (κ2) is 11.1. The molecular formula is C15H32N2O2. The molecule has 0 bridgehead atoms. The average Bonchev–Trinajstić information content (AvgIpc) is 2.25. The second-order valence-electron chi connectivity index (χ2n) is 5.70. The summed E-state index contributed by atoms with van der Waals surface area (Å²) in [6.07, 6.45) is 0.936. The third kappa shape index (κ3) is 10.8. The largest absolute Gasteiger partial charge is 0.311 e. The van der Waals surface area contributed by atoms with Gasteiger partial charge >= 0.3 is 0 Å².